The quantitative estimate of drug-likeness (QED) is 0.634. The van der Waals surface area contributed by atoms with E-state index in [0.29, 0.717) is 11.6 Å². The van der Waals surface area contributed by atoms with Crippen LogP contribution in [0.15, 0.2) is 51.4 Å². The zero-order valence-corrected chi connectivity index (χ0v) is 11.6. The van der Waals surface area contributed by atoms with Crippen LogP contribution in [-0.4, -0.2) is 5.78 Å². The summed E-state index contributed by atoms with van der Waals surface area (Å²) in [6.45, 7) is 0. The van der Waals surface area contributed by atoms with E-state index in [9.17, 15) is 13.6 Å². The molecule has 20 heavy (non-hydrogen) atoms. The van der Waals surface area contributed by atoms with Gasteiger partial charge in [0.1, 0.15) is 17.2 Å². The predicted octanol–water partition coefficient (Wildman–Crippen LogP) is 4.70. The first kappa shape index (κ1) is 13.0. The van der Waals surface area contributed by atoms with Crippen LogP contribution >= 0.6 is 15.9 Å². The number of ketones is 1. The number of furan rings is 1. The summed E-state index contributed by atoms with van der Waals surface area (Å²) in [7, 11) is 0. The Labute approximate surface area is 121 Å². The van der Waals surface area contributed by atoms with Crippen molar-refractivity contribution < 1.29 is 18.0 Å². The van der Waals surface area contributed by atoms with Gasteiger partial charge in [-0.3, -0.25) is 4.79 Å². The predicted molar refractivity (Wildman–Crippen MR) is 73.7 cm³/mol. The standard InChI is InChI=1S/C15H7BrF2O2/c16-9-1-4-13-8(5-9)6-14(20-13)15(19)11-3-2-10(17)7-12(11)18/h1-7H. The van der Waals surface area contributed by atoms with Crippen molar-refractivity contribution in [3.63, 3.8) is 0 Å². The summed E-state index contributed by atoms with van der Waals surface area (Å²) in [5.74, 6) is -2.23. The maximum atomic E-state index is 13.6. The van der Waals surface area contributed by atoms with Gasteiger partial charge in [0.15, 0.2) is 5.76 Å². The molecule has 0 fully saturated rings. The van der Waals surface area contributed by atoms with Crippen molar-refractivity contribution in [2.45, 2.75) is 0 Å². The first-order chi connectivity index (χ1) is 9.54. The first-order valence-electron chi connectivity index (χ1n) is 5.73. The smallest absolute Gasteiger partial charge is 0.231 e. The molecule has 0 saturated heterocycles. The number of rotatable bonds is 2. The van der Waals surface area contributed by atoms with E-state index in [0.717, 1.165) is 22.0 Å². The Morgan fingerprint density at radius 2 is 1.85 bits per heavy atom. The molecule has 3 rings (SSSR count). The molecule has 0 amide bonds. The molecular weight excluding hydrogens is 330 g/mol. The highest BCUT2D eigenvalue weighted by Gasteiger charge is 2.18. The third-order valence-electron chi connectivity index (χ3n) is 2.88. The molecule has 1 aromatic heterocycles. The summed E-state index contributed by atoms with van der Waals surface area (Å²) < 4.78 is 32.7. The van der Waals surface area contributed by atoms with Gasteiger partial charge in [0, 0.05) is 15.9 Å². The molecule has 0 aliphatic heterocycles. The van der Waals surface area contributed by atoms with Gasteiger partial charge >= 0.3 is 0 Å². The van der Waals surface area contributed by atoms with Gasteiger partial charge in [-0.2, -0.15) is 0 Å². The molecule has 0 N–H and O–H groups in total. The first-order valence-corrected chi connectivity index (χ1v) is 6.53. The number of halogens is 3. The highest BCUT2D eigenvalue weighted by Crippen LogP contribution is 2.25. The van der Waals surface area contributed by atoms with Crippen molar-refractivity contribution in [2.24, 2.45) is 0 Å². The van der Waals surface area contributed by atoms with Gasteiger partial charge < -0.3 is 4.42 Å². The van der Waals surface area contributed by atoms with E-state index in [1.54, 1.807) is 18.2 Å². The van der Waals surface area contributed by atoms with E-state index < -0.39 is 17.4 Å². The largest absolute Gasteiger partial charge is 0.453 e. The van der Waals surface area contributed by atoms with Crippen molar-refractivity contribution >= 4 is 32.7 Å². The van der Waals surface area contributed by atoms with E-state index in [2.05, 4.69) is 15.9 Å². The normalized spacial score (nSPS) is 10.9. The van der Waals surface area contributed by atoms with Crippen LogP contribution in [0.3, 0.4) is 0 Å². The van der Waals surface area contributed by atoms with Crippen molar-refractivity contribution in [1.82, 2.24) is 0 Å². The molecule has 3 aromatic rings. The Morgan fingerprint density at radius 1 is 1.05 bits per heavy atom. The maximum Gasteiger partial charge on any atom is 0.231 e. The highest BCUT2D eigenvalue weighted by molar-refractivity contribution is 9.10. The second kappa shape index (κ2) is 4.83. The van der Waals surface area contributed by atoms with E-state index in [1.807, 2.05) is 0 Å². The Hall–Kier alpha value is -2.01. The number of hydrogen-bond acceptors (Lipinski definition) is 2. The summed E-state index contributed by atoms with van der Waals surface area (Å²) in [5.41, 5.74) is 0.309. The lowest BCUT2D eigenvalue weighted by molar-refractivity contribution is 0.101. The van der Waals surface area contributed by atoms with Gasteiger partial charge in [-0.15, -0.1) is 0 Å². The van der Waals surface area contributed by atoms with Gasteiger partial charge in [0.05, 0.1) is 5.56 Å². The van der Waals surface area contributed by atoms with Crippen molar-refractivity contribution in [3.05, 3.63) is 69.9 Å². The molecule has 100 valence electrons. The lowest BCUT2D eigenvalue weighted by atomic mass is 10.1. The summed E-state index contributed by atoms with van der Waals surface area (Å²) in [5, 5.41) is 0.727. The fourth-order valence-corrected chi connectivity index (χ4v) is 2.31. The van der Waals surface area contributed by atoms with Gasteiger partial charge in [0.2, 0.25) is 5.78 Å². The lowest BCUT2D eigenvalue weighted by Crippen LogP contribution is -2.03. The Balaban J connectivity index is 2.08. The Morgan fingerprint density at radius 3 is 2.60 bits per heavy atom. The Bertz CT molecular complexity index is 824. The van der Waals surface area contributed by atoms with E-state index >= 15 is 0 Å². The van der Waals surface area contributed by atoms with Crippen LogP contribution in [-0.2, 0) is 0 Å². The minimum atomic E-state index is -0.906. The summed E-state index contributed by atoms with van der Waals surface area (Å²) in [6.07, 6.45) is 0. The van der Waals surface area contributed by atoms with Crippen LogP contribution in [0.25, 0.3) is 11.0 Å². The lowest BCUT2D eigenvalue weighted by Gasteiger charge is -1.99. The fourth-order valence-electron chi connectivity index (χ4n) is 1.93. The molecular formula is C15H7BrF2O2. The minimum Gasteiger partial charge on any atom is -0.453 e. The molecule has 0 radical (unpaired) electrons. The average Bonchev–Trinajstić information content (AvgIpc) is 2.81. The monoisotopic (exact) mass is 336 g/mol. The zero-order chi connectivity index (χ0) is 14.3. The Kier molecular flexibility index (Phi) is 3.14. The van der Waals surface area contributed by atoms with Crippen molar-refractivity contribution in [1.29, 1.82) is 0 Å². The molecule has 5 heteroatoms. The topological polar surface area (TPSA) is 30.2 Å². The molecule has 0 spiro atoms. The van der Waals surface area contributed by atoms with Crippen LogP contribution < -0.4 is 0 Å². The van der Waals surface area contributed by atoms with Gasteiger partial charge in [0.25, 0.3) is 0 Å². The van der Waals surface area contributed by atoms with Crippen LogP contribution in [0, 0.1) is 11.6 Å². The molecule has 0 saturated carbocycles. The van der Waals surface area contributed by atoms with Crippen molar-refractivity contribution in [3.8, 4) is 0 Å². The molecule has 1 heterocycles. The van der Waals surface area contributed by atoms with Gasteiger partial charge in [-0.1, -0.05) is 15.9 Å². The average molecular weight is 337 g/mol. The van der Waals surface area contributed by atoms with Crippen LogP contribution in [0.5, 0.6) is 0 Å². The second-order valence-corrected chi connectivity index (χ2v) is 5.16. The number of carbonyl (C=O) groups excluding carboxylic acids is 1. The van der Waals surface area contributed by atoms with Crippen LogP contribution in [0.4, 0.5) is 8.78 Å². The molecule has 0 bridgehead atoms. The van der Waals surface area contributed by atoms with Gasteiger partial charge in [-0.05, 0) is 36.4 Å². The fraction of sp³-hybridized carbons (Fsp3) is 0. The van der Waals surface area contributed by atoms with E-state index in [4.69, 9.17) is 4.42 Å². The molecule has 2 aromatic carbocycles. The second-order valence-electron chi connectivity index (χ2n) is 4.25. The molecule has 2 nitrogen and oxygen atoms in total. The number of carbonyl (C=O) groups is 1. The third kappa shape index (κ3) is 2.25. The number of hydrogen-bond donors (Lipinski definition) is 0. The summed E-state index contributed by atoms with van der Waals surface area (Å²) in [4.78, 5) is 12.2. The van der Waals surface area contributed by atoms with Crippen LogP contribution in [0.2, 0.25) is 0 Å². The maximum absolute atomic E-state index is 13.6. The third-order valence-corrected chi connectivity index (χ3v) is 3.37. The van der Waals surface area contributed by atoms with Gasteiger partial charge in [-0.25, -0.2) is 8.78 Å². The highest BCUT2D eigenvalue weighted by atomic mass is 79.9. The molecule has 0 unspecified atom stereocenters. The number of fused-ring (bicyclic) bond motifs is 1. The molecule has 0 atom stereocenters. The minimum absolute atomic E-state index is 0.0172. The summed E-state index contributed by atoms with van der Waals surface area (Å²) >= 11 is 3.31. The van der Waals surface area contributed by atoms with Crippen LogP contribution in [0.1, 0.15) is 16.1 Å². The zero-order valence-electron chi connectivity index (χ0n) is 9.99. The van der Waals surface area contributed by atoms with Crippen molar-refractivity contribution in [2.75, 3.05) is 0 Å². The molecule has 0 aliphatic carbocycles. The summed E-state index contributed by atoms with van der Waals surface area (Å²) in [6, 6.07) is 9.62. The molecule has 0 aliphatic rings. The number of benzene rings is 2. The van der Waals surface area contributed by atoms with E-state index in [1.165, 1.54) is 6.07 Å². The SMILES string of the molecule is O=C(c1cc2cc(Br)ccc2o1)c1ccc(F)cc1F. The van der Waals surface area contributed by atoms with E-state index in [-0.39, 0.29) is 11.3 Å².